The molecule has 0 amide bonds. The van der Waals surface area contributed by atoms with E-state index in [1.54, 1.807) is 11.1 Å². The van der Waals surface area contributed by atoms with Gasteiger partial charge in [0.25, 0.3) is 0 Å². The van der Waals surface area contributed by atoms with E-state index in [1.165, 1.54) is 86.5 Å². The van der Waals surface area contributed by atoms with Crippen molar-refractivity contribution < 1.29 is 0 Å². The monoisotopic (exact) mass is 728 g/mol. The van der Waals surface area contributed by atoms with Gasteiger partial charge in [0.1, 0.15) is 0 Å². The predicted molar refractivity (Wildman–Crippen MR) is 231 cm³/mol. The number of hydrogen-bond acceptors (Lipinski definition) is 4. The van der Waals surface area contributed by atoms with Gasteiger partial charge in [0.2, 0.25) is 0 Å². The average Bonchev–Trinajstić information content (AvgIpc) is 3.65. The summed E-state index contributed by atoms with van der Waals surface area (Å²) in [5.41, 5.74) is 17.8. The van der Waals surface area contributed by atoms with Crippen LogP contribution in [0.1, 0.15) is 50.1 Å². The molecular weight excluding hydrogens is 693 g/mol. The molecule has 0 fully saturated rings. The molecule has 0 N–H and O–H groups in total. The zero-order chi connectivity index (χ0) is 35.3. The molecule has 2 nitrogen and oxygen atoms in total. The van der Waals surface area contributed by atoms with Crippen LogP contribution in [-0.2, 0) is 12.8 Å². The zero-order valence-electron chi connectivity index (χ0n) is 29.7. The summed E-state index contributed by atoms with van der Waals surface area (Å²) in [7, 11) is 0. The molecule has 4 heteroatoms. The normalized spacial score (nSPS) is 19.0. The van der Waals surface area contributed by atoms with Gasteiger partial charge < -0.3 is 9.80 Å². The highest BCUT2D eigenvalue weighted by Gasteiger charge is 2.50. The van der Waals surface area contributed by atoms with E-state index >= 15 is 0 Å². The molecule has 3 aliphatic carbocycles. The van der Waals surface area contributed by atoms with Crippen LogP contribution in [0.15, 0.2) is 157 Å². The molecule has 7 aromatic rings. The molecule has 0 saturated carbocycles. The number of aryl methyl sites for hydroxylation is 1. The largest absolute Gasteiger partial charge is 0.332 e. The maximum Gasteiger partial charge on any atom is 0.0682 e. The van der Waals surface area contributed by atoms with Gasteiger partial charge in [-0.25, -0.2) is 0 Å². The van der Waals surface area contributed by atoms with Crippen LogP contribution < -0.4 is 9.80 Å². The first-order valence-corrected chi connectivity index (χ1v) is 20.8. The first-order valence-electron chi connectivity index (χ1n) is 19.2. The van der Waals surface area contributed by atoms with Gasteiger partial charge in [-0.15, -0.1) is 22.7 Å². The maximum atomic E-state index is 2.73. The van der Waals surface area contributed by atoms with E-state index in [0.29, 0.717) is 5.92 Å². The molecule has 2 aliphatic heterocycles. The fourth-order valence-electron chi connectivity index (χ4n) is 9.61. The van der Waals surface area contributed by atoms with Crippen LogP contribution in [0.3, 0.4) is 0 Å². The van der Waals surface area contributed by atoms with Crippen molar-refractivity contribution in [3.05, 3.63) is 189 Å². The van der Waals surface area contributed by atoms with Crippen LogP contribution in [0.2, 0.25) is 0 Å². The third kappa shape index (κ3) is 4.51. The number of fused-ring (bicyclic) bond motifs is 7. The molecule has 2 unspecified atom stereocenters. The summed E-state index contributed by atoms with van der Waals surface area (Å²) in [5, 5.41) is 1.36. The van der Waals surface area contributed by atoms with Crippen molar-refractivity contribution in [3.63, 3.8) is 0 Å². The molecule has 5 aliphatic rings. The van der Waals surface area contributed by atoms with Gasteiger partial charge in [0.05, 0.1) is 33.7 Å². The summed E-state index contributed by atoms with van der Waals surface area (Å²) in [6, 6.07) is 47.3. The highest BCUT2D eigenvalue weighted by atomic mass is 32.1. The van der Waals surface area contributed by atoms with E-state index in [0.717, 1.165) is 25.7 Å². The minimum absolute atomic E-state index is 0.185. The number of allylic oxidation sites excluding steroid dienone is 5. The van der Waals surface area contributed by atoms with Gasteiger partial charge in [0, 0.05) is 54.6 Å². The minimum Gasteiger partial charge on any atom is -0.332 e. The lowest BCUT2D eigenvalue weighted by molar-refractivity contribution is 0.787. The first kappa shape index (κ1) is 30.7. The Balaban J connectivity index is 1.13. The molecule has 0 spiro atoms. The van der Waals surface area contributed by atoms with Crippen LogP contribution in [-0.4, -0.2) is 6.04 Å². The summed E-state index contributed by atoms with van der Waals surface area (Å²) >= 11 is 4.06. The lowest BCUT2D eigenvalue weighted by Crippen LogP contribution is -2.31. The second kappa shape index (κ2) is 11.9. The van der Waals surface area contributed by atoms with Crippen LogP contribution in [0.5, 0.6) is 0 Å². The van der Waals surface area contributed by atoms with Gasteiger partial charge in [0.15, 0.2) is 0 Å². The number of anilines is 5. The third-order valence-electron chi connectivity index (χ3n) is 12.0. The SMILES string of the molecule is C1=Cc2c(sc3c2N(c2ccccc2-c2ccccc2)c2cccc4c2C2C(=C2c2sc5ccccc5c2N4C2C=CC(c4ccccc4)=CC2)C3)CC1. The van der Waals surface area contributed by atoms with Gasteiger partial charge >= 0.3 is 0 Å². The highest BCUT2D eigenvalue weighted by molar-refractivity contribution is 7.21. The van der Waals surface area contributed by atoms with E-state index < -0.39 is 0 Å². The fraction of sp³-hybridized carbons (Fsp3) is 0.120. The van der Waals surface area contributed by atoms with Crippen LogP contribution in [0, 0.1) is 0 Å². The predicted octanol–water partition coefficient (Wildman–Crippen LogP) is 14.0. The lowest BCUT2D eigenvalue weighted by atomic mass is 9.92. The smallest absolute Gasteiger partial charge is 0.0682 e. The minimum atomic E-state index is 0.185. The van der Waals surface area contributed by atoms with Crippen molar-refractivity contribution in [1.29, 1.82) is 0 Å². The third-order valence-corrected chi connectivity index (χ3v) is 14.5. The Morgan fingerprint density at radius 1 is 0.630 bits per heavy atom. The summed E-state index contributed by atoms with van der Waals surface area (Å²) in [6.45, 7) is 0. The summed E-state index contributed by atoms with van der Waals surface area (Å²) < 4.78 is 1.37. The molecule has 12 rings (SSSR count). The van der Waals surface area contributed by atoms with Gasteiger partial charge in [-0.2, -0.15) is 0 Å². The fourth-order valence-corrected chi connectivity index (χ4v) is 12.2. The van der Waals surface area contributed by atoms with E-state index in [2.05, 4.69) is 179 Å². The number of rotatable bonds is 4. The first-order chi connectivity index (χ1) is 26.8. The van der Waals surface area contributed by atoms with E-state index in [1.807, 2.05) is 11.3 Å². The number of thiophene rings is 2. The molecule has 54 heavy (non-hydrogen) atoms. The second-order valence-corrected chi connectivity index (χ2v) is 17.2. The topological polar surface area (TPSA) is 6.48 Å². The Hall–Kier alpha value is -5.68. The van der Waals surface area contributed by atoms with Gasteiger partial charge in [-0.3, -0.25) is 0 Å². The molecule has 0 bridgehead atoms. The van der Waals surface area contributed by atoms with E-state index in [9.17, 15) is 0 Å². The number of para-hydroxylation sites is 1. The summed E-state index contributed by atoms with van der Waals surface area (Å²) in [6.07, 6.45) is 16.3. The van der Waals surface area contributed by atoms with Gasteiger partial charge in [-0.1, -0.05) is 134 Å². The van der Waals surface area contributed by atoms with Crippen LogP contribution in [0.4, 0.5) is 28.4 Å². The Morgan fingerprint density at radius 2 is 1.39 bits per heavy atom. The average molecular weight is 729 g/mol. The van der Waals surface area contributed by atoms with Crippen LogP contribution in [0.25, 0.3) is 38.4 Å². The molecule has 0 saturated heterocycles. The van der Waals surface area contributed by atoms with Crippen molar-refractivity contribution in [2.75, 3.05) is 9.80 Å². The maximum absolute atomic E-state index is 2.73. The Bertz CT molecular complexity index is 2790. The Labute approximate surface area is 324 Å². The summed E-state index contributed by atoms with van der Waals surface area (Å²) in [5.74, 6) is 0.296. The number of nitrogens with zero attached hydrogens (tertiary/aromatic N) is 2. The van der Waals surface area contributed by atoms with Gasteiger partial charge in [-0.05, 0) is 71.4 Å². The molecule has 4 heterocycles. The molecule has 2 atom stereocenters. The van der Waals surface area contributed by atoms with Crippen molar-refractivity contribution in [2.24, 2.45) is 0 Å². The molecular formula is C50H36N2S2. The highest BCUT2D eigenvalue weighted by Crippen LogP contribution is 2.69. The van der Waals surface area contributed by atoms with Crippen LogP contribution >= 0.6 is 22.7 Å². The number of benzene rings is 5. The molecule has 258 valence electrons. The summed E-state index contributed by atoms with van der Waals surface area (Å²) in [4.78, 5) is 9.88. The quantitative estimate of drug-likeness (QED) is 0.178. The molecule has 0 radical (unpaired) electrons. The Kier molecular flexibility index (Phi) is 6.78. The van der Waals surface area contributed by atoms with Crippen molar-refractivity contribution in [2.45, 2.75) is 37.6 Å². The van der Waals surface area contributed by atoms with Crippen molar-refractivity contribution >= 4 is 78.4 Å². The molecule has 2 aromatic heterocycles. The Morgan fingerprint density at radius 3 is 2.24 bits per heavy atom. The van der Waals surface area contributed by atoms with E-state index in [-0.39, 0.29) is 6.04 Å². The molecule has 5 aromatic carbocycles. The van der Waals surface area contributed by atoms with E-state index in [4.69, 9.17) is 0 Å². The second-order valence-electron chi connectivity index (χ2n) is 15.0. The van der Waals surface area contributed by atoms with Crippen molar-refractivity contribution in [3.8, 4) is 11.1 Å². The standard InChI is InChI=1S/C50H36N2S2/c1-3-14-31(15-4-1)32-26-28-34(29-27-32)51-40-22-13-23-41-47(40)45-38(46(45)50-49(51)37-20-9-12-25-43(37)54-50)30-44-48(36-19-8-11-24-42(36)53-44)52(41)39-21-10-7-18-35(39)33-16-5-2-6-17-33/h1-10,12-23,25-28,34,45H,11,24,29-30H2. The number of hydrogen-bond donors (Lipinski definition) is 0. The zero-order valence-corrected chi connectivity index (χ0v) is 31.3. The van der Waals surface area contributed by atoms with Crippen molar-refractivity contribution in [1.82, 2.24) is 0 Å². The lowest BCUT2D eigenvalue weighted by Gasteiger charge is -2.37.